The Morgan fingerprint density at radius 1 is 1.04 bits per heavy atom. The molecule has 0 N–H and O–H groups in total. The molecule has 0 aromatic carbocycles. The number of aryl methyl sites for hydroxylation is 1. The molecule has 0 bridgehead atoms. The molecule has 0 aliphatic rings. The van der Waals surface area contributed by atoms with Crippen molar-refractivity contribution in [1.82, 2.24) is 15.0 Å². The van der Waals surface area contributed by atoms with Crippen molar-refractivity contribution in [2.24, 2.45) is 0 Å². The Bertz CT molecular complexity index is 1050. The van der Waals surface area contributed by atoms with Crippen molar-refractivity contribution in [3.8, 4) is 11.3 Å². The maximum atomic E-state index is 5.91. The lowest BCUT2D eigenvalue weighted by atomic mass is 9.94. The summed E-state index contributed by atoms with van der Waals surface area (Å²) in [5.41, 5.74) is 6.41. The Morgan fingerprint density at radius 3 is 2.68 bits per heavy atom. The van der Waals surface area contributed by atoms with E-state index in [1.54, 1.807) is 0 Å². The molecule has 4 heterocycles. The van der Waals surface area contributed by atoms with Crippen molar-refractivity contribution in [2.75, 3.05) is 0 Å². The van der Waals surface area contributed by atoms with Crippen LogP contribution in [0.2, 0.25) is 0 Å². The topological polar surface area (TPSA) is 51.8 Å². The minimum atomic E-state index is 0.566. The number of pyridine rings is 3. The second-order valence-electron chi connectivity index (χ2n) is 6.47. The molecule has 0 atom stereocenters. The van der Waals surface area contributed by atoms with Crippen LogP contribution in [0.1, 0.15) is 43.9 Å². The van der Waals surface area contributed by atoms with Gasteiger partial charge in [0, 0.05) is 23.7 Å². The van der Waals surface area contributed by atoms with Crippen LogP contribution >= 0.6 is 0 Å². The fourth-order valence-corrected chi connectivity index (χ4v) is 3.38. The van der Waals surface area contributed by atoms with E-state index in [0.717, 1.165) is 46.3 Å². The van der Waals surface area contributed by atoms with Crippen molar-refractivity contribution >= 4 is 22.2 Å². The Hall–Kier alpha value is -2.75. The summed E-state index contributed by atoms with van der Waals surface area (Å²) in [6.07, 6.45) is 6.02. The zero-order chi connectivity index (χ0) is 17.4. The molecule has 0 radical (unpaired) electrons. The molecule has 0 aliphatic heterocycles. The molecule has 4 rings (SSSR count). The maximum absolute atomic E-state index is 5.91. The molecule has 0 unspecified atom stereocenters. The first-order valence-corrected chi connectivity index (χ1v) is 8.81. The van der Waals surface area contributed by atoms with Crippen LogP contribution < -0.4 is 0 Å². The Morgan fingerprint density at radius 2 is 1.88 bits per heavy atom. The van der Waals surface area contributed by atoms with Crippen LogP contribution in [0.25, 0.3) is 33.5 Å². The molecule has 126 valence electrons. The number of aromatic nitrogens is 3. The summed E-state index contributed by atoms with van der Waals surface area (Å²) in [6, 6.07) is 10.3. The Balaban J connectivity index is 1.82. The van der Waals surface area contributed by atoms with Gasteiger partial charge >= 0.3 is 0 Å². The van der Waals surface area contributed by atoms with Gasteiger partial charge in [-0.1, -0.05) is 13.8 Å². The molecule has 25 heavy (non-hydrogen) atoms. The van der Waals surface area contributed by atoms with E-state index in [2.05, 4.69) is 40.9 Å². The van der Waals surface area contributed by atoms with E-state index in [1.165, 1.54) is 5.56 Å². The molecule has 0 saturated carbocycles. The summed E-state index contributed by atoms with van der Waals surface area (Å²) >= 11 is 0. The summed E-state index contributed by atoms with van der Waals surface area (Å²) in [6.45, 7) is 6.41. The van der Waals surface area contributed by atoms with Gasteiger partial charge in [0.2, 0.25) is 5.71 Å². The molecule has 0 amide bonds. The normalized spacial score (nSPS) is 11.7. The molecule has 4 aromatic heterocycles. The first-order valence-electron chi connectivity index (χ1n) is 8.81. The van der Waals surface area contributed by atoms with Gasteiger partial charge in [-0.05, 0) is 61.6 Å². The van der Waals surface area contributed by atoms with Crippen LogP contribution in [0.4, 0.5) is 0 Å². The Labute approximate surface area is 146 Å². The molecule has 4 aromatic rings. The van der Waals surface area contributed by atoms with Gasteiger partial charge in [-0.25, -0.2) is 4.98 Å². The molecular formula is C21H21N3O. The fourth-order valence-electron chi connectivity index (χ4n) is 3.38. The number of hydrogen-bond donors (Lipinski definition) is 0. The summed E-state index contributed by atoms with van der Waals surface area (Å²) < 4.78 is 5.91. The van der Waals surface area contributed by atoms with E-state index < -0.39 is 0 Å². The van der Waals surface area contributed by atoms with Crippen LogP contribution in [0.5, 0.6) is 0 Å². The van der Waals surface area contributed by atoms with Gasteiger partial charge in [-0.3, -0.25) is 9.97 Å². The van der Waals surface area contributed by atoms with Crippen LogP contribution in [0.15, 0.2) is 47.1 Å². The highest BCUT2D eigenvalue weighted by Gasteiger charge is 2.13. The summed E-state index contributed by atoms with van der Waals surface area (Å²) in [5, 5.41) is 0.950. The summed E-state index contributed by atoms with van der Waals surface area (Å²) in [5.74, 6) is 0.566. The van der Waals surface area contributed by atoms with Gasteiger partial charge in [-0.2, -0.15) is 0 Å². The molecule has 0 spiro atoms. The summed E-state index contributed by atoms with van der Waals surface area (Å²) in [7, 11) is 0. The maximum Gasteiger partial charge on any atom is 0.229 e. The zero-order valence-electron chi connectivity index (χ0n) is 14.8. The third-order valence-corrected chi connectivity index (χ3v) is 4.85. The van der Waals surface area contributed by atoms with Crippen LogP contribution in [0, 0.1) is 6.92 Å². The first kappa shape index (κ1) is 15.8. The van der Waals surface area contributed by atoms with Crippen LogP contribution in [0.3, 0.4) is 0 Å². The lowest BCUT2D eigenvalue weighted by molar-refractivity contribution is 0.641. The predicted molar refractivity (Wildman–Crippen MR) is 101 cm³/mol. The zero-order valence-corrected chi connectivity index (χ0v) is 14.8. The minimum Gasteiger partial charge on any atom is -0.436 e. The Kier molecular flexibility index (Phi) is 3.96. The number of furan rings is 1. The van der Waals surface area contributed by atoms with Crippen molar-refractivity contribution in [2.45, 2.75) is 39.5 Å². The fraction of sp³-hybridized carbons (Fsp3) is 0.286. The van der Waals surface area contributed by atoms with Crippen LogP contribution in [-0.4, -0.2) is 15.0 Å². The van der Waals surface area contributed by atoms with E-state index in [9.17, 15) is 0 Å². The summed E-state index contributed by atoms with van der Waals surface area (Å²) in [4.78, 5) is 13.6. The van der Waals surface area contributed by atoms with E-state index in [4.69, 9.17) is 4.42 Å². The molecule has 0 fully saturated rings. The number of nitrogens with zero attached hydrogens (tertiary/aromatic N) is 3. The highest BCUT2D eigenvalue weighted by atomic mass is 16.3. The van der Waals surface area contributed by atoms with Crippen molar-refractivity contribution in [3.05, 3.63) is 54.0 Å². The number of hydrogen-bond acceptors (Lipinski definition) is 4. The number of rotatable bonds is 4. The first-order chi connectivity index (χ1) is 12.2. The van der Waals surface area contributed by atoms with Gasteiger partial charge in [0.15, 0.2) is 5.58 Å². The predicted octanol–water partition coefficient (Wildman–Crippen LogP) is 5.65. The molecule has 0 aliphatic carbocycles. The SMILES string of the molecule is CCC(CC)c1ccnc(-c2cnc3c(c2)oc2nc(C)ccc23)c1. The number of fused-ring (bicyclic) bond motifs is 3. The monoisotopic (exact) mass is 331 g/mol. The average Bonchev–Trinajstić information content (AvgIpc) is 2.99. The largest absolute Gasteiger partial charge is 0.436 e. The molecular weight excluding hydrogens is 310 g/mol. The van der Waals surface area contributed by atoms with Gasteiger partial charge in [-0.15, -0.1) is 0 Å². The van der Waals surface area contributed by atoms with Crippen molar-refractivity contribution in [3.63, 3.8) is 0 Å². The van der Waals surface area contributed by atoms with E-state index in [0.29, 0.717) is 11.6 Å². The smallest absolute Gasteiger partial charge is 0.229 e. The van der Waals surface area contributed by atoms with Crippen molar-refractivity contribution in [1.29, 1.82) is 0 Å². The quantitative estimate of drug-likeness (QED) is 0.485. The minimum absolute atomic E-state index is 0.566. The second-order valence-corrected chi connectivity index (χ2v) is 6.47. The lowest BCUT2D eigenvalue weighted by Gasteiger charge is -2.13. The van der Waals surface area contributed by atoms with Crippen molar-refractivity contribution < 1.29 is 4.42 Å². The van der Waals surface area contributed by atoms with Crippen LogP contribution in [-0.2, 0) is 0 Å². The average molecular weight is 331 g/mol. The van der Waals surface area contributed by atoms with Gasteiger partial charge in [0.1, 0.15) is 5.52 Å². The van der Waals surface area contributed by atoms with E-state index in [-0.39, 0.29) is 0 Å². The highest BCUT2D eigenvalue weighted by Crippen LogP contribution is 2.30. The third kappa shape index (κ3) is 2.78. The standard InChI is InChI=1S/C21H21N3O/c1-4-14(5-2)15-8-9-22-18(10-15)16-11-19-20(23-12-16)17-7-6-13(3)24-21(17)25-19/h6-12,14H,4-5H2,1-3H3. The highest BCUT2D eigenvalue weighted by molar-refractivity contribution is 6.01. The van der Waals surface area contributed by atoms with Gasteiger partial charge < -0.3 is 4.42 Å². The van der Waals surface area contributed by atoms with E-state index in [1.807, 2.05) is 37.5 Å². The van der Waals surface area contributed by atoms with E-state index >= 15 is 0 Å². The second kappa shape index (κ2) is 6.28. The molecule has 0 saturated heterocycles. The molecule has 4 nitrogen and oxygen atoms in total. The lowest BCUT2D eigenvalue weighted by Crippen LogP contribution is -1.97. The molecule has 4 heteroatoms. The third-order valence-electron chi connectivity index (χ3n) is 4.85. The van der Waals surface area contributed by atoms with Gasteiger partial charge in [0.05, 0.1) is 11.1 Å². The van der Waals surface area contributed by atoms with Gasteiger partial charge in [0.25, 0.3) is 0 Å².